The number of nitrogens with zero attached hydrogens (tertiary/aromatic N) is 1. The van der Waals surface area contributed by atoms with Crippen molar-refractivity contribution in [1.82, 2.24) is 15.1 Å². The van der Waals surface area contributed by atoms with Gasteiger partial charge in [0, 0.05) is 19.6 Å². The topological polar surface area (TPSA) is 108 Å². The number of hydrogen-bond donors (Lipinski definition) is 3. The molecule has 152 valence electrons. The highest BCUT2D eigenvalue weighted by Gasteiger charge is 2.37. The third-order valence-corrected chi connectivity index (χ3v) is 6.01. The first-order valence-electron chi connectivity index (χ1n) is 8.12. The molecule has 0 saturated carbocycles. The largest absolute Gasteiger partial charge is 0.457 e. The van der Waals surface area contributed by atoms with E-state index in [0.717, 1.165) is 4.31 Å². The van der Waals surface area contributed by atoms with Crippen LogP contribution in [0.4, 0.5) is 4.39 Å². The molecular weight excluding hydrogens is 413 g/mol. The van der Waals surface area contributed by atoms with Crippen molar-refractivity contribution >= 4 is 28.3 Å². The second-order valence-electron chi connectivity index (χ2n) is 5.84. The molecule has 2 aromatic carbocycles. The first kappa shape index (κ1) is 22.1. The fourth-order valence-corrected chi connectivity index (χ4v) is 4.31. The van der Waals surface area contributed by atoms with Crippen LogP contribution in [-0.2, 0) is 14.8 Å². The van der Waals surface area contributed by atoms with Crippen LogP contribution in [0.5, 0.6) is 11.5 Å². The number of amides is 1. The lowest BCUT2D eigenvalue weighted by atomic mass is 10.2. The summed E-state index contributed by atoms with van der Waals surface area (Å²) in [6, 6.07) is 10.0. The van der Waals surface area contributed by atoms with Crippen molar-refractivity contribution in [3.63, 3.8) is 0 Å². The highest BCUT2D eigenvalue weighted by Crippen LogP contribution is 2.25. The average Bonchev–Trinajstić information content (AvgIpc) is 2.69. The summed E-state index contributed by atoms with van der Waals surface area (Å²) >= 11 is 0. The molecule has 0 radical (unpaired) electrons. The number of sulfonamides is 1. The van der Waals surface area contributed by atoms with Crippen LogP contribution in [0.1, 0.15) is 0 Å². The van der Waals surface area contributed by atoms with E-state index in [2.05, 4.69) is 5.32 Å². The maximum atomic E-state index is 12.9. The number of carbonyl (C=O) groups is 1. The Morgan fingerprint density at radius 2 is 1.71 bits per heavy atom. The summed E-state index contributed by atoms with van der Waals surface area (Å²) < 4.78 is 45.3. The molecule has 11 heteroatoms. The number of hydrogen-bond acceptors (Lipinski definition) is 6. The van der Waals surface area contributed by atoms with Crippen molar-refractivity contribution in [3.8, 4) is 11.5 Å². The highest BCUT2D eigenvalue weighted by atomic mass is 35.5. The zero-order valence-electron chi connectivity index (χ0n) is 14.5. The minimum atomic E-state index is -3.95. The maximum absolute atomic E-state index is 12.9. The van der Waals surface area contributed by atoms with Gasteiger partial charge in [-0.15, -0.1) is 12.4 Å². The van der Waals surface area contributed by atoms with Gasteiger partial charge in [-0.3, -0.25) is 10.0 Å². The first-order valence-corrected chi connectivity index (χ1v) is 9.56. The standard InChI is InChI=1S/C17H18FN3O5S.ClH/c18-12-1-3-13(4-2-12)26-14-5-7-15(8-6-14)27(24,25)21-10-9-19-11-16(21)17(22)20-23;/h1-8,16,19,23H,9-11H2,(H,20,22);1H. The molecule has 1 heterocycles. The molecule has 1 aliphatic rings. The number of halogens is 2. The molecule has 2 aromatic rings. The lowest BCUT2D eigenvalue weighted by Gasteiger charge is -2.33. The van der Waals surface area contributed by atoms with E-state index < -0.39 is 22.0 Å². The summed E-state index contributed by atoms with van der Waals surface area (Å²) in [7, 11) is -3.95. The lowest BCUT2D eigenvalue weighted by Crippen LogP contribution is -2.59. The smallest absolute Gasteiger partial charge is 0.263 e. The molecule has 1 amide bonds. The Hall–Kier alpha value is -2.24. The summed E-state index contributed by atoms with van der Waals surface area (Å²) in [5.74, 6) is -0.400. The van der Waals surface area contributed by atoms with Gasteiger partial charge >= 0.3 is 0 Å². The van der Waals surface area contributed by atoms with E-state index >= 15 is 0 Å². The molecule has 28 heavy (non-hydrogen) atoms. The first-order chi connectivity index (χ1) is 12.9. The fourth-order valence-electron chi connectivity index (χ4n) is 2.73. The van der Waals surface area contributed by atoms with Crippen LogP contribution in [0.15, 0.2) is 53.4 Å². The van der Waals surface area contributed by atoms with E-state index in [1.807, 2.05) is 0 Å². The van der Waals surface area contributed by atoms with E-state index in [-0.39, 0.29) is 36.2 Å². The molecule has 1 aliphatic heterocycles. The predicted octanol–water partition coefficient (Wildman–Crippen LogP) is 1.51. The van der Waals surface area contributed by atoms with Crippen LogP contribution in [0.2, 0.25) is 0 Å². The maximum Gasteiger partial charge on any atom is 0.263 e. The SMILES string of the molecule is Cl.O=C(NO)C1CNCCN1S(=O)(=O)c1ccc(Oc2ccc(F)cc2)cc1. The minimum absolute atomic E-state index is 0. The molecule has 1 unspecified atom stereocenters. The molecular formula is C17H19ClFN3O5S. The number of ether oxygens (including phenoxy) is 1. The molecule has 0 aliphatic carbocycles. The van der Waals surface area contributed by atoms with Crippen molar-refractivity contribution in [2.75, 3.05) is 19.6 Å². The van der Waals surface area contributed by atoms with Crippen molar-refractivity contribution in [1.29, 1.82) is 0 Å². The number of piperazine rings is 1. The van der Waals surface area contributed by atoms with Gasteiger partial charge in [-0.05, 0) is 48.5 Å². The average molecular weight is 432 g/mol. The van der Waals surface area contributed by atoms with Gasteiger partial charge in [0.05, 0.1) is 4.90 Å². The quantitative estimate of drug-likeness (QED) is 0.489. The van der Waals surface area contributed by atoms with E-state index in [0.29, 0.717) is 18.0 Å². The van der Waals surface area contributed by atoms with E-state index in [1.165, 1.54) is 54.0 Å². The molecule has 0 spiro atoms. The Morgan fingerprint density at radius 1 is 1.14 bits per heavy atom. The number of rotatable bonds is 5. The predicted molar refractivity (Wildman–Crippen MR) is 101 cm³/mol. The van der Waals surface area contributed by atoms with Gasteiger partial charge in [-0.25, -0.2) is 18.3 Å². The van der Waals surface area contributed by atoms with Crippen LogP contribution in [0.25, 0.3) is 0 Å². The number of benzene rings is 2. The molecule has 3 rings (SSSR count). The Kier molecular flexibility index (Phi) is 7.33. The second kappa shape index (κ2) is 9.30. The van der Waals surface area contributed by atoms with Crippen molar-refractivity contribution < 1.29 is 27.5 Å². The summed E-state index contributed by atoms with van der Waals surface area (Å²) in [6.45, 7) is 0.575. The third-order valence-electron chi connectivity index (χ3n) is 4.09. The molecule has 3 N–H and O–H groups in total. The van der Waals surface area contributed by atoms with Gasteiger partial charge in [0.25, 0.3) is 5.91 Å². The van der Waals surface area contributed by atoms with E-state index in [1.54, 1.807) is 0 Å². The van der Waals surface area contributed by atoms with Gasteiger partial charge in [0.15, 0.2) is 0 Å². The van der Waals surface area contributed by atoms with E-state index in [4.69, 9.17) is 9.94 Å². The van der Waals surface area contributed by atoms with Gasteiger partial charge < -0.3 is 10.1 Å². The van der Waals surface area contributed by atoms with Crippen LogP contribution in [0, 0.1) is 5.82 Å². The molecule has 0 aromatic heterocycles. The van der Waals surface area contributed by atoms with Crippen LogP contribution < -0.4 is 15.5 Å². The molecule has 1 atom stereocenters. The number of carbonyl (C=O) groups excluding carboxylic acids is 1. The zero-order valence-corrected chi connectivity index (χ0v) is 16.2. The molecule has 1 fully saturated rings. The molecule has 8 nitrogen and oxygen atoms in total. The van der Waals surface area contributed by atoms with Gasteiger partial charge in [-0.2, -0.15) is 4.31 Å². The molecule has 0 bridgehead atoms. The highest BCUT2D eigenvalue weighted by molar-refractivity contribution is 7.89. The summed E-state index contributed by atoms with van der Waals surface area (Å²) in [4.78, 5) is 11.8. The minimum Gasteiger partial charge on any atom is -0.457 e. The van der Waals surface area contributed by atoms with Crippen LogP contribution in [0.3, 0.4) is 0 Å². The van der Waals surface area contributed by atoms with Crippen molar-refractivity contribution in [2.24, 2.45) is 0 Å². The van der Waals surface area contributed by atoms with Gasteiger partial charge in [-0.1, -0.05) is 0 Å². The van der Waals surface area contributed by atoms with Crippen LogP contribution >= 0.6 is 12.4 Å². The van der Waals surface area contributed by atoms with Crippen molar-refractivity contribution in [2.45, 2.75) is 10.9 Å². The van der Waals surface area contributed by atoms with Crippen LogP contribution in [-0.4, -0.2) is 49.5 Å². The Labute approximate surface area is 167 Å². The normalized spacial score (nSPS) is 17.4. The van der Waals surface area contributed by atoms with Crippen molar-refractivity contribution in [3.05, 3.63) is 54.3 Å². The number of hydroxylamine groups is 1. The third kappa shape index (κ3) is 4.78. The monoisotopic (exact) mass is 431 g/mol. The Bertz CT molecular complexity index is 909. The second-order valence-corrected chi connectivity index (χ2v) is 7.73. The summed E-state index contributed by atoms with van der Waals surface area (Å²) in [5, 5.41) is 11.8. The summed E-state index contributed by atoms with van der Waals surface area (Å²) in [6.07, 6.45) is 0. The molecule has 1 saturated heterocycles. The zero-order chi connectivity index (χ0) is 19.4. The Balaban J connectivity index is 0.00000280. The van der Waals surface area contributed by atoms with Gasteiger partial charge in [0.1, 0.15) is 23.4 Å². The Morgan fingerprint density at radius 3 is 2.29 bits per heavy atom. The number of nitrogens with one attached hydrogen (secondary N) is 2. The lowest BCUT2D eigenvalue weighted by molar-refractivity contribution is -0.133. The van der Waals surface area contributed by atoms with Gasteiger partial charge in [0.2, 0.25) is 10.0 Å². The summed E-state index contributed by atoms with van der Waals surface area (Å²) in [5.41, 5.74) is 1.50. The van der Waals surface area contributed by atoms with E-state index in [9.17, 15) is 17.6 Å². The fraction of sp³-hybridized carbons (Fsp3) is 0.235.